The molecule has 0 bridgehead atoms. The van der Waals surface area contributed by atoms with Crippen LogP contribution in [0.5, 0.6) is 0 Å². The third kappa shape index (κ3) is 1.94. The highest BCUT2D eigenvalue weighted by Gasteiger charge is 2.13. The van der Waals surface area contributed by atoms with Gasteiger partial charge in [-0.2, -0.15) is 4.98 Å². The summed E-state index contributed by atoms with van der Waals surface area (Å²) in [6.45, 7) is 3.60. The predicted molar refractivity (Wildman–Crippen MR) is 57.0 cm³/mol. The van der Waals surface area contributed by atoms with Crippen LogP contribution in [0.15, 0.2) is 22.7 Å². The van der Waals surface area contributed by atoms with E-state index in [1.807, 2.05) is 6.92 Å². The Labute approximate surface area is 92.3 Å². The van der Waals surface area contributed by atoms with Crippen molar-refractivity contribution in [3.63, 3.8) is 0 Å². The van der Waals surface area contributed by atoms with Crippen molar-refractivity contribution in [1.82, 2.24) is 10.1 Å². The van der Waals surface area contributed by atoms with Gasteiger partial charge in [0.1, 0.15) is 5.82 Å². The van der Waals surface area contributed by atoms with Crippen LogP contribution in [0.3, 0.4) is 0 Å². The number of aryl methyl sites for hydroxylation is 1. The number of aromatic nitrogens is 2. The Morgan fingerprint density at radius 1 is 1.44 bits per heavy atom. The minimum Gasteiger partial charge on any atom is -0.337 e. The SMILES string of the molecule is Cc1ccc(F)cc1-c1noc([C@@H](C)N)n1. The summed E-state index contributed by atoms with van der Waals surface area (Å²) >= 11 is 0. The predicted octanol–water partition coefficient (Wildman–Crippen LogP) is 2.20. The van der Waals surface area contributed by atoms with Gasteiger partial charge >= 0.3 is 0 Å². The van der Waals surface area contributed by atoms with Gasteiger partial charge in [0.25, 0.3) is 0 Å². The van der Waals surface area contributed by atoms with Crippen molar-refractivity contribution in [2.45, 2.75) is 19.9 Å². The molecule has 1 aromatic carbocycles. The Morgan fingerprint density at radius 2 is 2.19 bits per heavy atom. The van der Waals surface area contributed by atoms with Crippen molar-refractivity contribution >= 4 is 0 Å². The third-order valence-electron chi connectivity index (χ3n) is 2.27. The van der Waals surface area contributed by atoms with E-state index >= 15 is 0 Å². The van der Waals surface area contributed by atoms with E-state index in [1.54, 1.807) is 13.0 Å². The summed E-state index contributed by atoms with van der Waals surface area (Å²) in [5.41, 5.74) is 7.11. The Hall–Kier alpha value is -1.75. The van der Waals surface area contributed by atoms with E-state index in [4.69, 9.17) is 10.3 Å². The van der Waals surface area contributed by atoms with Crippen LogP contribution in [0.4, 0.5) is 4.39 Å². The normalized spacial score (nSPS) is 12.8. The fourth-order valence-electron chi connectivity index (χ4n) is 1.36. The highest BCUT2D eigenvalue weighted by Crippen LogP contribution is 2.22. The smallest absolute Gasteiger partial charge is 0.243 e. The fourth-order valence-corrected chi connectivity index (χ4v) is 1.36. The first kappa shape index (κ1) is 10.8. The zero-order chi connectivity index (χ0) is 11.7. The summed E-state index contributed by atoms with van der Waals surface area (Å²) in [6, 6.07) is 4.12. The van der Waals surface area contributed by atoms with Crippen LogP contribution >= 0.6 is 0 Å². The summed E-state index contributed by atoms with van der Waals surface area (Å²) in [5.74, 6) is 0.385. The molecule has 1 aromatic heterocycles. The Kier molecular flexibility index (Phi) is 2.70. The summed E-state index contributed by atoms with van der Waals surface area (Å²) in [4.78, 5) is 4.11. The molecule has 1 atom stereocenters. The topological polar surface area (TPSA) is 64.9 Å². The summed E-state index contributed by atoms with van der Waals surface area (Å²) in [5, 5.41) is 3.78. The largest absolute Gasteiger partial charge is 0.337 e. The molecule has 16 heavy (non-hydrogen) atoms. The van der Waals surface area contributed by atoms with Gasteiger partial charge in [0.2, 0.25) is 11.7 Å². The number of nitrogens with zero attached hydrogens (tertiary/aromatic N) is 2. The lowest BCUT2D eigenvalue weighted by Crippen LogP contribution is -2.04. The minimum absolute atomic E-state index is 0.324. The minimum atomic E-state index is -0.326. The average molecular weight is 221 g/mol. The number of hydrogen-bond acceptors (Lipinski definition) is 4. The highest BCUT2D eigenvalue weighted by molar-refractivity contribution is 5.59. The van der Waals surface area contributed by atoms with Crippen LogP contribution in [0.2, 0.25) is 0 Å². The van der Waals surface area contributed by atoms with E-state index in [1.165, 1.54) is 12.1 Å². The molecule has 0 aliphatic heterocycles. The molecule has 4 nitrogen and oxygen atoms in total. The van der Waals surface area contributed by atoms with Gasteiger partial charge in [-0.05, 0) is 31.5 Å². The number of hydrogen-bond donors (Lipinski definition) is 1. The lowest BCUT2D eigenvalue weighted by Gasteiger charge is -1.99. The standard InChI is InChI=1S/C11H12FN3O/c1-6-3-4-8(12)5-9(6)10-14-11(7(2)13)16-15-10/h3-5,7H,13H2,1-2H3/t7-/m1/s1. The molecule has 5 heteroatoms. The molecule has 84 valence electrons. The van der Waals surface area contributed by atoms with Gasteiger partial charge in [0.05, 0.1) is 6.04 Å². The lowest BCUT2D eigenvalue weighted by atomic mass is 10.1. The maximum Gasteiger partial charge on any atom is 0.243 e. The van der Waals surface area contributed by atoms with Gasteiger partial charge in [-0.1, -0.05) is 11.2 Å². The van der Waals surface area contributed by atoms with E-state index in [0.717, 1.165) is 5.56 Å². The van der Waals surface area contributed by atoms with Crippen LogP contribution in [0.1, 0.15) is 24.4 Å². The number of benzene rings is 1. The number of halogens is 1. The van der Waals surface area contributed by atoms with Crippen LogP contribution in [-0.2, 0) is 0 Å². The zero-order valence-corrected chi connectivity index (χ0v) is 9.07. The van der Waals surface area contributed by atoms with E-state index in [2.05, 4.69) is 10.1 Å². The molecule has 0 amide bonds. The van der Waals surface area contributed by atoms with Crippen LogP contribution in [0, 0.1) is 12.7 Å². The number of nitrogens with two attached hydrogens (primary N) is 1. The Bertz CT molecular complexity index is 508. The first-order chi connectivity index (χ1) is 7.58. The highest BCUT2D eigenvalue weighted by atomic mass is 19.1. The summed E-state index contributed by atoms with van der Waals surface area (Å²) < 4.78 is 18.1. The lowest BCUT2D eigenvalue weighted by molar-refractivity contribution is 0.362. The molecule has 0 aliphatic rings. The van der Waals surface area contributed by atoms with E-state index in [9.17, 15) is 4.39 Å². The van der Waals surface area contributed by atoms with Crippen LogP contribution < -0.4 is 5.73 Å². The third-order valence-corrected chi connectivity index (χ3v) is 2.27. The van der Waals surface area contributed by atoms with Gasteiger partial charge in [0, 0.05) is 5.56 Å². The second-order valence-corrected chi connectivity index (χ2v) is 3.70. The molecule has 2 rings (SSSR count). The van der Waals surface area contributed by atoms with Crippen LogP contribution in [0.25, 0.3) is 11.4 Å². The molecule has 0 aliphatic carbocycles. The summed E-state index contributed by atoms with van der Waals surface area (Å²) in [6.07, 6.45) is 0. The van der Waals surface area contributed by atoms with Crippen molar-refractivity contribution < 1.29 is 8.91 Å². The van der Waals surface area contributed by atoms with Crippen molar-refractivity contribution in [3.05, 3.63) is 35.5 Å². The van der Waals surface area contributed by atoms with Gasteiger partial charge in [-0.25, -0.2) is 4.39 Å². The molecule has 2 N–H and O–H groups in total. The van der Waals surface area contributed by atoms with Gasteiger partial charge in [-0.3, -0.25) is 0 Å². The summed E-state index contributed by atoms with van der Waals surface area (Å²) in [7, 11) is 0. The molecule has 0 fully saturated rings. The van der Waals surface area contributed by atoms with Gasteiger partial charge < -0.3 is 10.3 Å². The monoisotopic (exact) mass is 221 g/mol. The Morgan fingerprint density at radius 3 is 2.81 bits per heavy atom. The first-order valence-electron chi connectivity index (χ1n) is 4.93. The zero-order valence-electron chi connectivity index (χ0n) is 9.07. The molecule has 1 heterocycles. The molecule has 2 aromatic rings. The van der Waals surface area contributed by atoms with Crippen molar-refractivity contribution in [2.75, 3.05) is 0 Å². The quantitative estimate of drug-likeness (QED) is 0.844. The molecular weight excluding hydrogens is 209 g/mol. The molecular formula is C11H12FN3O. The Balaban J connectivity index is 2.46. The van der Waals surface area contributed by atoms with Gasteiger partial charge in [-0.15, -0.1) is 0 Å². The average Bonchev–Trinajstić information content (AvgIpc) is 2.70. The molecule has 0 saturated heterocycles. The second kappa shape index (κ2) is 4.02. The van der Waals surface area contributed by atoms with Crippen LogP contribution in [-0.4, -0.2) is 10.1 Å². The maximum atomic E-state index is 13.1. The van der Waals surface area contributed by atoms with E-state index < -0.39 is 0 Å². The second-order valence-electron chi connectivity index (χ2n) is 3.70. The molecule has 0 spiro atoms. The van der Waals surface area contributed by atoms with E-state index in [0.29, 0.717) is 17.3 Å². The van der Waals surface area contributed by atoms with Crippen molar-refractivity contribution in [1.29, 1.82) is 0 Å². The molecule has 0 radical (unpaired) electrons. The molecule has 0 saturated carbocycles. The van der Waals surface area contributed by atoms with Crippen molar-refractivity contribution in [3.8, 4) is 11.4 Å². The first-order valence-corrected chi connectivity index (χ1v) is 4.93. The van der Waals surface area contributed by atoms with Gasteiger partial charge in [0.15, 0.2) is 0 Å². The number of rotatable bonds is 2. The van der Waals surface area contributed by atoms with Crippen molar-refractivity contribution in [2.24, 2.45) is 5.73 Å². The molecule has 0 unspecified atom stereocenters. The van der Waals surface area contributed by atoms with E-state index in [-0.39, 0.29) is 11.9 Å². The maximum absolute atomic E-state index is 13.1. The fraction of sp³-hybridized carbons (Fsp3) is 0.273.